The Morgan fingerprint density at radius 3 is 2.70 bits per heavy atom. The van der Waals surface area contributed by atoms with E-state index >= 15 is 0 Å². The predicted octanol–water partition coefficient (Wildman–Crippen LogP) is 3.91. The van der Waals surface area contributed by atoms with Gasteiger partial charge in [-0.25, -0.2) is 0 Å². The maximum absolute atomic E-state index is 13.1. The Morgan fingerprint density at radius 2 is 1.96 bits per heavy atom. The van der Waals surface area contributed by atoms with Gasteiger partial charge in [0.15, 0.2) is 0 Å². The average Bonchev–Trinajstić information content (AvgIpc) is 3.09. The molecule has 0 aliphatic carbocycles. The van der Waals surface area contributed by atoms with Gasteiger partial charge in [-0.3, -0.25) is 4.79 Å². The van der Waals surface area contributed by atoms with Crippen LogP contribution in [0.25, 0.3) is 0 Å². The van der Waals surface area contributed by atoms with E-state index in [1.807, 2.05) is 30.3 Å². The van der Waals surface area contributed by atoms with Gasteiger partial charge in [0.2, 0.25) is 5.95 Å². The molecule has 1 atom stereocenters. The molecule has 1 aromatic heterocycles. The van der Waals surface area contributed by atoms with Gasteiger partial charge >= 0.3 is 0 Å². The van der Waals surface area contributed by atoms with Crippen molar-refractivity contribution >= 4 is 40.7 Å². The maximum Gasteiger partial charge on any atom is 0.255 e. The van der Waals surface area contributed by atoms with Crippen molar-refractivity contribution in [3.63, 3.8) is 0 Å². The standard InChI is InChI=1S/C18H14Cl2N6O/c1-10-15(17(27)22-12-5-3-2-4-6-12)16(26-18(21-10)23-24-25-26)13-8-7-11(19)9-14(13)20/h2-9,16H,1H3,(H,22,27)(H,21,23,25). The average molecular weight is 401 g/mol. The Labute approximate surface area is 165 Å². The van der Waals surface area contributed by atoms with Gasteiger partial charge < -0.3 is 10.6 Å². The van der Waals surface area contributed by atoms with Gasteiger partial charge in [-0.05, 0) is 41.6 Å². The van der Waals surface area contributed by atoms with Crippen LogP contribution in [0.2, 0.25) is 10.0 Å². The number of halogens is 2. The number of carbonyl (C=O) groups is 1. The summed E-state index contributed by atoms with van der Waals surface area (Å²) in [5, 5.41) is 18.6. The molecule has 0 radical (unpaired) electrons. The van der Waals surface area contributed by atoms with Crippen molar-refractivity contribution in [1.29, 1.82) is 0 Å². The second kappa shape index (κ2) is 7.02. The van der Waals surface area contributed by atoms with Crippen molar-refractivity contribution in [3.8, 4) is 0 Å². The summed E-state index contributed by atoms with van der Waals surface area (Å²) in [5.41, 5.74) is 2.46. The molecule has 1 amide bonds. The first-order chi connectivity index (χ1) is 13.0. The number of para-hydroxylation sites is 1. The fourth-order valence-corrected chi connectivity index (χ4v) is 3.55. The number of hydrogen-bond donors (Lipinski definition) is 2. The molecule has 2 heterocycles. The molecule has 1 aliphatic rings. The quantitative estimate of drug-likeness (QED) is 0.695. The summed E-state index contributed by atoms with van der Waals surface area (Å²) in [5.74, 6) is 0.156. The van der Waals surface area contributed by atoms with Gasteiger partial charge in [-0.2, -0.15) is 4.68 Å². The van der Waals surface area contributed by atoms with Crippen LogP contribution < -0.4 is 10.6 Å². The van der Waals surface area contributed by atoms with Crippen molar-refractivity contribution in [2.24, 2.45) is 0 Å². The van der Waals surface area contributed by atoms with Crippen LogP contribution >= 0.6 is 23.2 Å². The largest absolute Gasteiger partial charge is 0.326 e. The molecular formula is C18H14Cl2N6O. The van der Waals surface area contributed by atoms with Crippen LogP contribution in [0, 0.1) is 0 Å². The molecule has 7 nitrogen and oxygen atoms in total. The van der Waals surface area contributed by atoms with Crippen LogP contribution in [0.15, 0.2) is 59.8 Å². The van der Waals surface area contributed by atoms with Gasteiger partial charge in [0, 0.05) is 27.0 Å². The molecule has 0 saturated heterocycles. The molecule has 3 aromatic rings. The van der Waals surface area contributed by atoms with E-state index in [0.29, 0.717) is 38.5 Å². The SMILES string of the molecule is CC1=C(C(=O)Nc2ccccc2)C(c2ccc(Cl)cc2Cl)n2nnnc2N1. The van der Waals surface area contributed by atoms with Gasteiger partial charge in [0.05, 0.1) is 5.57 Å². The zero-order valence-corrected chi connectivity index (χ0v) is 15.7. The molecule has 4 rings (SSSR count). The molecule has 1 unspecified atom stereocenters. The minimum Gasteiger partial charge on any atom is -0.326 e. The summed E-state index contributed by atoms with van der Waals surface area (Å²) in [4.78, 5) is 13.1. The van der Waals surface area contributed by atoms with Gasteiger partial charge in [-0.1, -0.05) is 52.6 Å². The number of nitrogens with one attached hydrogen (secondary N) is 2. The summed E-state index contributed by atoms with van der Waals surface area (Å²) in [6.45, 7) is 1.80. The predicted molar refractivity (Wildman–Crippen MR) is 104 cm³/mol. The molecule has 1 aliphatic heterocycles. The number of aromatic nitrogens is 4. The first kappa shape index (κ1) is 17.5. The molecule has 2 N–H and O–H groups in total. The summed E-state index contributed by atoms with van der Waals surface area (Å²) in [6, 6.07) is 13.7. The number of hydrogen-bond acceptors (Lipinski definition) is 5. The number of carbonyl (C=O) groups excluding carboxylic acids is 1. The first-order valence-corrected chi connectivity index (χ1v) is 8.87. The van der Waals surface area contributed by atoms with Crippen molar-refractivity contribution in [3.05, 3.63) is 75.4 Å². The molecule has 2 aromatic carbocycles. The number of nitrogens with zero attached hydrogens (tertiary/aromatic N) is 4. The minimum atomic E-state index is -0.593. The lowest BCUT2D eigenvalue weighted by Crippen LogP contribution is -2.31. The summed E-state index contributed by atoms with van der Waals surface area (Å²) in [7, 11) is 0. The van der Waals surface area contributed by atoms with Crippen molar-refractivity contribution in [2.45, 2.75) is 13.0 Å². The Kier molecular flexibility index (Phi) is 4.55. The second-order valence-corrected chi connectivity index (χ2v) is 6.84. The highest BCUT2D eigenvalue weighted by molar-refractivity contribution is 6.35. The highest BCUT2D eigenvalue weighted by atomic mass is 35.5. The summed E-state index contributed by atoms with van der Waals surface area (Å²) >= 11 is 12.5. The third-order valence-electron chi connectivity index (χ3n) is 4.25. The lowest BCUT2D eigenvalue weighted by Gasteiger charge is -2.28. The highest BCUT2D eigenvalue weighted by Crippen LogP contribution is 2.38. The molecule has 9 heteroatoms. The normalized spacial score (nSPS) is 15.9. The molecule has 0 saturated carbocycles. The zero-order chi connectivity index (χ0) is 19.0. The molecule has 0 fully saturated rings. The van der Waals surface area contributed by atoms with Crippen molar-refractivity contribution < 1.29 is 4.79 Å². The van der Waals surface area contributed by atoms with Crippen LogP contribution in [-0.4, -0.2) is 26.1 Å². The topological polar surface area (TPSA) is 84.7 Å². The Morgan fingerprint density at radius 1 is 1.19 bits per heavy atom. The van der Waals surface area contributed by atoms with Crippen molar-refractivity contribution in [1.82, 2.24) is 20.2 Å². The maximum atomic E-state index is 13.1. The molecular weight excluding hydrogens is 387 g/mol. The van der Waals surface area contributed by atoms with E-state index in [1.54, 1.807) is 25.1 Å². The number of allylic oxidation sites excluding steroid dienone is 1. The van der Waals surface area contributed by atoms with E-state index in [9.17, 15) is 4.79 Å². The van der Waals surface area contributed by atoms with Crippen LogP contribution in [0.4, 0.5) is 11.6 Å². The molecule has 0 spiro atoms. The van der Waals surface area contributed by atoms with E-state index in [2.05, 4.69) is 26.2 Å². The summed E-state index contributed by atoms with van der Waals surface area (Å²) < 4.78 is 1.53. The Hall–Kier alpha value is -2.90. The molecule has 27 heavy (non-hydrogen) atoms. The fraction of sp³-hybridized carbons (Fsp3) is 0.111. The van der Waals surface area contributed by atoms with E-state index in [0.717, 1.165) is 0 Å². The molecule has 0 bridgehead atoms. The highest BCUT2D eigenvalue weighted by Gasteiger charge is 2.35. The molecule has 136 valence electrons. The van der Waals surface area contributed by atoms with E-state index in [-0.39, 0.29) is 5.91 Å². The van der Waals surface area contributed by atoms with E-state index in [1.165, 1.54) is 4.68 Å². The lowest BCUT2D eigenvalue weighted by molar-refractivity contribution is -0.113. The monoisotopic (exact) mass is 400 g/mol. The van der Waals surface area contributed by atoms with Gasteiger partial charge in [0.25, 0.3) is 5.91 Å². The number of fused-ring (bicyclic) bond motifs is 1. The number of anilines is 2. The Bertz CT molecular complexity index is 1050. The smallest absolute Gasteiger partial charge is 0.255 e. The van der Waals surface area contributed by atoms with E-state index in [4.69, 9.17) is 23.2 Å². The number of rotatable bonds is 3. The fourth-order valence-electron chi connectivity index (χ4n) is 3.04. The number of amides is 1. The Balaban J connectivity index is 1.81. The number of benzene rings is 2. The van der Waals surface area contributed by atoms with Crippen LogP contribution in [0.5, 0.6) is 0 Å². The number of tetrazole rings is 1. The van der Waals surface area contributed by atoms with Crippen LogP contribution in [0.3, 0.4) is 0 Å². The summed E-state index contributed by atoms with van der Waals surface area (Å²) in [6.07, 6.45) is 0. The van der Waals surface area contributed by atoms with Gasteiger partial charge in [-0.15, -0.1) is 0 Å². The van der Waals surface area contributed by atoms with Crippen LogP contribution in [-0.2, 0) is 4.79 Å². The van der Waals surface area contributed by atoms with Crippen molar-refractivity contribution in [2.75, 3.05) is 10.6 Å². The zero-order valence-electron chi connectivity index (χ0n) is 14.1. The van der Waals surface area contributed by atoms with Crippen LogP contribution in [0.1, 0.15) is 18.5 Å². The van der Waals surface area contributed by atoms with E-state index < -0.39 is 6.04 Å². The lowest BCUT2D eigenvalue weighted by atomic mass is 9.95. The third kappa shape index (κ3) is 3.27. The first-order valence-electron chi connectivity index (χ1n) is 8.11. The minimum absolute atomic E-state index is 0.275. The second-order valence-electron chi connectivity index (χ2n) is 6.00. The third-order valence-corrected chi connectivity index (χ3v) is 4.81. The van der Waals surface area contributed by atoms with Gasteiger partial charge in [0.1, 0.15) is 6.04 Å².